The van der Waals surface area contributed by atoms with E-state index in [0.717, 1.165) is 9.87 Å². The maximum Gasteiger partial charge on any atom is 0.370 e. The summed E-state index contributed by atoms with van der Waals surface area (Å²) in [6.07, 6.45) is 0.766. The number of allylic oxidation sites excluding steroid dienone is 1. The minimum atomic E-state index is -3.93. The highest BCUT2D eigenvalue weighted by Crippen LogP contribution is 2.32. The molecule has 12 heteroatoms. The summed E-state index contributed by atoms with van der Waals surface area (Å²) in [6, 6.07) is 12.4. The number of esters is 1. The van der Waals surface area contributed by atoms with Gasteiger partial charge in [-0.1, -0.05) is 12.1 Å². The number of carbonyl (C=O) groups is 2. The van der Waals surface area contributed by atoms with Crippen LogP contribution in [0.15, 0.2) is 65.3 Å². The van der Waals surface area contributed by atoms with Crippen LogP contribution in [-0.2, 0) is 29.0 Å². The first-order valence-electron chi connectivity index (χ1n) is 11.4. The standard InChI is InChI=1S/C25H29NO10S/c1-33-20-7-9-21(10-8-20)37(31,32)26(11-13-27)12-14-35-23-16-19(15-22(36-23)24(28)29)17-3-5-18(6-4-17)25(30)34-2/h3-10,15,19,23,27H,11-14,16H2,1-2H3,(H,28,29)/t19-,23+/m0/s1. The fourth-order valence-electron chi connectivity index (χ4n) is 3.77. The highest BCUT2D eigenvalue weighted by Gasteiger charge is 2.30. The fourth-order valence-corrected chi connectivity index (χ4v) is 5.19. The van der Waals surface area contributed by atoms with Crippen molar-refractivity contribution in [3.05, 3.63) is 71.5 Å². The number of ether oxygens (including phenoxy) is 4. The Bertz CT molecular complexity index is 1210. The van der Waals surface area contributed by atoms with E-state index >= 15 is 0 Å². The van der Waals surface area contributed by atoms with Crippen LogP contribution in [0.25, 0.3) is 0 Å². The van der Waals surface area contributed by atoms with Crippen LogP contribution < -0.4 is 4.74 Å². The maximum atomic E-state index is 13.0. The molecule has 0 aliphatic carbocycles. The zero-order chi connectivity index (χ0) is 27.0. The number of nitrogens with zero attached hydrogens (tertiary/aromatic N) is 1. The molecular weight excluding hydrogens is 506 g/mol. The van der Waals surface area contributed by atoms with Crippen molar-refractivity contribution in [2.24, 2.45) is 0 Å². The lowest BCUT2D eigenvalue weighted by atomic mass is 9.92. The molecule has 0 spiro atoms. The Hall–Kier alpha value is -3.45. The quantitative estimate of drug-likeness (QED) is 0.386. The van der Waals surface area contributed by atoms with Gasteiger partial charge in [0.2, 0.25) is 22.1 Å². The number of aliphatic hydroxyl groups is 1. The molecule has 0 aromatic heterocycles. The molecule has 2 atom stereocenters. The predicted octanol–water partition coefficient (Wildman–Crippen LogP) is 1.98. The summed E-state index contributed by atoms with van der Waals surface area (Å²) < 4.78 is 48.1. The molecule has 2 aromatic rings. The molecule has 0 bridgehead atoms. The maximum absolute atomic E-state index is 13.0. The van der Waals surface area contributed by atoms with Crippen molar-refractivity contribution >= 4 is 22.0 Å². The van der Waals surface area contributed by atoms with Crippen molar-refractivity contribution in [2.75, 3.05) is 40.5 Å². The second-order valence-corrected chi connectivity index (χ2v) is 9.95. The number of carboxylic acids is 1. The number of hydrogen-bond donors (Lipinski definition) is 2. The van der Waals surface area contributed by atoms with Gasteiger partial charge in [0.15, 0.2) is 0 Å². The molecule has 0 fully saturated rings. The summed E-state index contributed by atoms with van der Waals surface area (Å²) in [5, 5.41) is 18.9. The third-order valence-corrected chi connectivity index (χ3v) is 7.63. The molecule has 1 aliphatic heterocycles. The molecule has 0 radical (unpaired) electrons. The number of aliphatic carboxylic acids is 1. The SMILES string of the molecule is COC(=O)c1ccc([C@H]2C=C(C(=O)O)O[C@@H](OCCN(CCO)S(=O)(=O)c3ccc(OC)cc3)C2)cc1. The Labute approximate surface area is 214 Å². The molecule has 11 nitrogen and oxygen atoms in total. The molecule has 0 unspecified atom stereocenters. The average molecular weight is 536 g/mol. The van der Waals surface area contributed by atoms with Crippen molar-refractivity contribution in [2.45, 2.75) is 23.5 Å². The van der Waals surface area contributed by atoms with Gasteiger partial charge in [0.05, 0.1) is 37.9 Å². The summed E-state index contributed by atoms with van der Waals surface area (Å²) in [5.41, 5.74) is 1.10. The summed E-state index contributed by atoms with van der Waals surface area (Å²) >= 11 is 0. The molecule has 1 aliphatic rings. The largest absolute Gasteiger partial charge is 0.497 e. The zero-order valence-electron chi connectivity index (χ0n) is 20.4. The van der Waals surface area contributed by atoms with E-state index in [1.54, 1.807) is 24.3 Å². The smallest absolute Gasteiger partial charge is 0.370 e. The number of carboxylic acid groups (broad SMARTS) is 1. The zero-order valence-corrected chi connectivity index (χ0v) is 21.2. The van der Waals surface area contributed by atoms with Crippen LogP contribution in [-0.4, -0.2) is 81.7 Å². The lowest BCUT2D eigenvalue weighted by Crippen LogP contribution is -2.37. The number of sulfonamides is 1. The second kappa shape index (κ2) is 12.7. The van der Waals surface area contributed by atoms with E-state index in [-0.39, 0.29) is 42.7 Å². The van der Waals surface area contributed by atoms with Gasteiger partial charge in [0, 0.05) is 25.4 Å². The van der Waals surface area contributed by atoms with Crippen molar-refractivity contribution in [1.82, 2.24) is 4.31 Å². The summed E-state index contributed by atoms with van der Waals surface area (Å²) in [7, 11) is -1.18. The normalized spacial score (nSPS) is 17.6. The minimum Gasteiger partial charge on any atom is -0.497 e. The average Bonchev–Trinajstić information content (AvgIpc) is 2.92. The van der Waals surface area contributed by atoms with Gasteiger partial charge in [-0.15, -0.1) is 0 Å². The van der Waals surface area contributed by atoms with Crippen LogP contribution in [0, 0.1) is 0 Å². The van der Waals surface area contributed by atoms with Gasteiger partial charge in [-0.05, 0) is 48.0 Å². The van der Waals surface area contributed by atoms with Gasteiger partial charge < -0.3 is 29.2 Å². The summed E-state index contributed by atoms with van der Waals surface area (Å²) in [4.78, 5) is 23.3. The van der Waals surface area contributed by atoms with Crippen LogP contribution in [0.3, 0.4) is 0 Å². The number of methoxy groups -OCH3 is 2. The molecule has 0 amide bonds. The Morgan fingerprint density at radius 2 is 1.73 bits per heavy atom. The lowest BCUT2D eigenvalue weighted by Gasteiger charge is -2.29. The molecular formula is C25H29NO10S. The first-order valence-corrected chi connectivity index (χ1v) is 12.8. The van der Waals surface area contributed by atoms with Crippen LogP contribution in [0.5, 0.6) is 5.75 Å². The Kier molecular flexibility index (Phi) is 9.64. The van der Waals surface area contributed by atoms with E-state index in [1.165, 1.54) is 44.6 Å². The van der Waals surface area contributed by atoms with Crippen LogP contribution in [0.1, 0.15) is 28.3 Å². The van der Waals surface area contributed by atoms with Gasteiger partial charge >= 0.3 is 11.9 Å². The van der Waals surface area contributed by atoms with Gasteiger partial charge in [-0.25, -0.2) is 18.0 Å². The Morgan fingerprint density at radius 1 is 1.05 bits per heavy atom. The predicted molar refractivity (Wildman–Crippen MR) is 131 cm³/mol. The highest BCUT2D eigenvalue weighted by molar-refractivity contribution is 7.89. The number of aliphatic hydroxyl groups excluding tert-OH is 1. The van der Waals surface area contributed by atoms with E-state index in [4.69, 9.17) is 18.9 Å². The van der Waals surface area contributed by atoms with E-state index < -0.39 is 34.9 Å². The van der Waals surface area contributed by atoms with E-state index in [0.29, 0.717) is 11.3 Å². The van der Waals surface area contributed by atoms with Gasteiger partial charge in [-0.2, -0.15) is 4.31 Å². The molecule has 37 heavy (non-hydrogen) atoms. The highest BCUT2D eigenvalue weighted by atomic mass is 32.2. The van der Waals surface area contributed by atoms with Gasteiger partial charge in [0.1, 0.15) is 5.75 Å². The molecule has 0 saturated carbocycles. The molecule has 2 aromatic carbocycles. The van der Waals surface area contributed by atoms with E-state index in [9.17, 15) is 28.2 Å². The number of hydrogen-bond acceptors (Lipinski definition) is 9. The molecule has 1 heterocycles. The van der Waals surface area contributed by atoms with Crippen molar-refractivity contribution in [3.63, 3.8) is 0 Å². The van der Waals surface area contributed by atoms with Crippen LogP contribution >= 0.6 is 0 Å². The third-order valence-electron chi connectivity index (χ3n) is 5.72. The first-order chi connectivity index (χ1) is 17.7. The van der Waals surface area contributed by atoms with Crippen LogP contribution in [0.4, 0.5) is 0 Å². The summed E-state index contributed by atoms with van der Waals surface area (Å²) in [6.45, 7) is -0.760. The third kappa shape index (κ3) is 7.07. The van der Waals surface area contributed by atoms with Crippen molar-refractivity contribution in [3.8, 4) is 5.75 Å². The molecule has 3 rings (SSSR count). The topological polar surface area (TPSA) is 149 Å². The fraction of sp³-hybridized carbons (Fsp3) is 0.360. The molecule has 200 valence electrons. The number of carbonyl (C=O) groups excluding carboxylic acids is 1. The number of rotatable bonds is 12. The lowest BCUT2D eigenvalue weighted by molar-refractivity contribution is -0.157. The van der Waals surface area contributed by atoms with Crippen molar-refractivity contribution < 1.29 is 47.2 Å². The van der Waals surface area contributed by atoms with Gasteiger partial charge in [0.25, 0.3) is 0 Å². The molecule has 2 N–H and O–H groups in total. The summed E-state index contributed by atoms with van der Waals surface area (Å²) in [5.74, 6) is -1.93. The van der Waals surface area contributed by atoms with Crippen LogP contribution in [0.2, 0.25) is 0 Å². The number of benzene rings is 2. The Balaban J connectivity index is 1.69. The first kappa shape index (κ1) is 28.1. The Morgan fingerprint density at radius 3 is 2.30 bits per heavy atom. The van der Waals surface area contributed by atoms with Gasteiger partial charge in [-0.3, -0.25) is 0 Å². The second-order valence-electron chi connectivity index (χ2n) is 8.01. The van der Waals surface area contributed by atoms with E-state index in [2.05, 4.69) is 0 Å². The minimum absolute atomic E-state index is 0.0298. The van der Waals surface area contributed by atoms with Crippen molar-refractivity contribution in [1.29, 1.82) is 0 Å². The monoisotopic (exact) mass is 535 g/mol. The van der Waals surface area contributed by atoms with E-state index in [1.807, 2.05) is 0 Å². The molecule has 0 saturated heterocycles.